The van der Waals surface area contributed by atoms with E-state index in [1.807, 2.05) is 0 Å². The summed E-state index contributed by atoms with van der Waals surface area (Å²) >= 11 is 0. The summed E-state index contributed by atoms with van der Waals surface area (Å²) in [6, 6.07) is 9.08. The van der Waals surface area contributed by atoms with Crippen LogP contribution in [0.4, 0.5) is 4.39 Å². The molecule has 8 heteroatoms. The number of furan rings is 1. The van der Waals surface area contributed by atoms with Crippen molar-refractivity contribution in [1.29, 1.82) is 0 Å². The van der Waals surface area contributed by atoms with E-state index in [2.05, 4.69) is 4.90 Å². The van der Waals surface area contributed by atoms with Crippen LogP contribution in [-0.4, -0.2) is 60.1 Å². The number of β-amino-alcohol motifs (C(OH)–C–C–N with tert-alkyl or cyclic N) is 1. The van der Waals surface area contributed by atoms with Gasteiger partial charge in [-0.2, -0.15) is 0 Å². The van der Waals surface area contributed by atoms with Crippen LogP contribution in [0.3, 0.4) is 0 Å². The minimum atomic E-state index is -0.668. The van der Waals surface area contributed by atoms with Crippen LogP contribution in [0.25, 0.3) is 0 Å². The number of ether oxygens (including phenoxy) is 1. The zero-order valence-corrected chi connectivity index (χ0v) is 15.0. The Balaban J connectivity index is 0.00000243. The third-order valence-corrected chi connectivity index (χ3v) is 4.20. The fourth-order valence-corrected chi connectivity index (χ4v) is 2.76. The van der Waals surface area contributed by atoms with Gasteiger partial charge in [0, 0.05) is 32.7 Å². The molecule has 1 amide bonds. The Hall–Kier alpha value is -2.09. The molecule has 1 N–H and O–H groups in total. The third kappa shape index (κ3) is 5.45. The van der Waals surface area contributed by atoms with E-state index in [4.69, 9.17) is 9.15 Å². The summed E-state index contributed by atoms with van der Waals surface area (Å²) in [5.41, 5.74) is 0. The zero-order valence-electron chi connectivity index (χ0n) is 14.2. The first-order valence-corrected chi connectivity index (χ1v) is 8.22. The Labute approximate surface area is 157 Å². The molecule has 0 aliphatic carbocycles. The summed E-state index contributed by atoms with van der Waals surface area (Å²) in [6.07, 6.45) is 0.870. The number of carbonyl (C=O) groups excluding carboxylic acids is 1. The van der Waals surface area contributed by atoms with E-state index in [1.54, 1.807) is 17.0 Å². The summed E-state index contributed by atoms with van der Waals surface area (Å²) in [7, 11) is 0. The minimum absolute atomic E-state index is 0. The van der Waals surface area contributed by atoms with Gasteiger partial charge in [0.05, 0.1) is 6.26 Å². The largest absolute Gasteiger partial charge is 0.484 e. The zero-order chi connectivity index (χ0) is 17.6. The second kappa shape index (κ2) is 9.56. The molecule has 1 aliphatic heterocycles. The Morgan fingerprint density at radius 2 is 1.88 bits per heavy atom. The lowest BCUT2D eigenvalue weighted by Crippen LogP contribution is -2.50. The summed E-state index contributed by atoms with van der Waals surface area (Å²) in [5.74, 6) is 0.572. The van der Waals surface area contributed by atoms with Crippen LogP contribution < -0.4 is 4.74 Å². The topological polar surface area (TPSA) is 66.2 Å². The Morgan fingerprint density at radius 3 is 2.50 bits per heavy atom. The summed E-state index contributed by atoms with van der Waals surface area (Å²) in [4.78, 5) is 16.0. The number of rotatable bonds is 6. The van der Waals surface area contributed by atoms with Crippen molar-refractivity contribution in [3.8, 4) is 5.75 Å². The van der Waals surface area contributed by atoms with Crippen molar-refractivity contribution in [3.63, 3.8) is 0 Å². The molecular weight excluding hydrogens is 363 g/mol. The van der Waals surface area contributed by atoms with Crippen molar-refractivity contribution in [3.05, 3.63) is 54.2 Å². The van der Waals surface area contributed by atoms with Crippen LogP contribution in [0.15, 0.2) is 47.1 Å². The van der Waals surface area contributed by atoms with Crippen LogP contribution >= 0.6 is 12.4 Å². The summed E-state index contributed by atoms with van der Waals surface area (Å²) in [6.45, 7) is 2.93. The van der Waals surface area contributed by atoms with E-state index >= 15 is 0 Å². The van der Waals surface area contributed by atoms with Gasteiger partial charge >= 0.3 is 0 Å². The number of nitrogens with zero attached hydrogens (tertiary/aromatic N) is 2. The number of benzene rings is 1. The third-order valence-electron chi connectivity index (χ3n) is 4.20. The van der Waals surface area contributed by atoms with Gasteiger partial charge < -0.3 is 19.2 Å². The Morgan fingerprint density at radius 1 is 1.19 bits per heavy atom. The summed E-state index contributed by atoms with van der Waals surface area (Å²) in [5, 5.41) is 10.1. The van der Waals surface area contributed by atoms with Gasteiger partial charge in [-0.15, -0.1) is 12.4 Å². The molecule has 2 heterocycles. The fourth-order valence-electron chi connectivity index (χ4n) is 2.76. The smallest absolute Gasteiger partial charge is 0.260 e. The number of piperazine rings is 1. The van der Waals surface area contributed by atoms with E-state index in [1.165, 1.54) is 30.5 Å². The molecule has 0 spiro atoms. The molecule has 1 aromatic heterocycles. The highest BCUT2D eigenvalue weighted by atomic mass is 35.5. The molecular formula is C18H22ClFN2O4. The molecule has 1 atom stereocenters. The molecule has 0 radical (unpaired) electrons. The number of carbonyl (C=O) groups is 1. The van der Waals surface area contributed by atoms with Gasteiger partial charge in [-0.05, 0) is 36.4 Å². The molecule has 1 saturated heterocycles. The van der Waals surface area contributed by atoms with Crippen LogP contribution in [0.2, 0.25) is 0 Å². The Bertz CT molecular complexity index is 673. The average molecular weight is 385 g/mol. The molecule has 0 bridgehead atoms. The van der Waals surface area contributed by atoms with Crippen LogP contribution in [0, 0.1) is 5.82 Å². The highest BCUT2D eigenvalue weighted by molar-refractivity contribution is 5.85. The molecule has 1 aromatic carbocycles. The van der Waals surface area contributed by atoms with E-state index in [0.717, 1.165) is 0 Å². The number of hydrogen-bond acceptors (Lipinski definition) is 5. The minimum Gasteiger partial charge on any atom is -0.484 e. The maximum absolute atomic E-state index is 12.8. The van der Waals surface area contributed by atoms with Crippen molar-refractivity contribution < 1.29 is 23.4 Å². The fraction of sp³-hybridized carbons (Fsp3) is 0.389. The number of aliphatic hydroxyl groups excluding tert-OH is 1. The predicted octanol–water partition coefficient (Wildman–Crippen LogP) is 2.10. The monoisotopic (exact) mass is 384 g/mol. The molecule has 1 aliphatic rings. The summed E-state index contributed by atoms with van der Waals surface area (Å²) < 4.78 is 23.4. The van der Waals surface area contributed by atoms with Crippen LogP contribution in [-0.2, 0) is 4.79 Å². The molecule has 0 saturated carbocycles. The Kier molecular flexibility index (Phi) is 7.44. The molecule has 1 unspecified atom stereocenters. The standard InChI is InChI=1S/C18H21FN2O4.ClH/c19-14-3-5-15(6-4-14)25-13-18(23)21-9-7-20(8-10-21)12-16(22)17-2-1-11-24-17;/h1-6,11,16,22H,7-10,12-13H2;1H. The van der Waals surface area contributed by atoms with Crippen LogP contribution in [0.1, 0.15) is 11.9 Å². The van der Waals surface area contributed by atoms with Crippen molar-refractivity contribution in [1.82, 2.24) is 9.80 Å². The van der Waals surface area contributed by atoms with Gasteiger partial charge in [-0.3, -0.25) is 9.69 Å². The van der Waals surface area contributed by atoms with Gasteiger partial charge in [0.2, 0.25) is 0 Å². The second-order valence-corrected chi connectivity index (χ2v) is 5.96. The lowest BCUT2D eigenvalue weighted by Gasteiger charge is -2.35. The SMILES string of the molecule is Cl.O=C(COc1ccc(F)cc1)N1CCN(CC(O)c2ccco2)CC1. The number of halogens is 2. The number of aliphatic hydroxyl groups is 1. The first-order chi connectivity index (χ1) is 12.1. The number of hydrogen-bond donors (Lipinski definition) is 1. The van der Waals surface area contributed by atoms with Crippen molar-refractivity contribution in [2.24, 2.45) is 0 Å². The highest BCUT2D eigenvalue weighted by Gasteiger charge is 2.23. The molecule has 2 aromatic rings. The quantitative estimate of drug-likeness (QED) is 0.826. The highest BCUT2D eigenvalue weighted by Crippen LogP contribution is 2.16. The molecule has 142 valence electrons. The first-order valence-electron chi connectivity index (χ1n) is 8.22. The van der Waals surface area contributed by atoms with E-state index in [9.17, 15) is 14.3 Å². The average Bonchev–Trinajstić information content (AvgIpc) is 3.16. The van der Waals surface area contributed by atoms with E-state index < -0.39 is 6.10 Å². The van der Waals surface area contributed by atoms with Gasteiger partial charge in [-0.25, -0.2) is 4.39 Å². The van der Waals surface area contributed by atoms with Crippen molar-refractivity contribution >= 4 is 18.3 Å². The molecule has 6 nitrogen and oxygen atoms in total. The van der Waals surface area contributed by atoms with E-state index in [0.29, 0.717) is 44.2 Å². The lowest BCUT2D eigenvalue weighted by molar-refractivity contribution is -0.135. The van der Waals surface area contributed by atoms with Gasteiger partial charge in [0.25, 0.3) is 5.91 Å². The second-order valence-electron chi connectivity index (χ2n) is 5.96. The molecule has 26 heavy (non-hydrogen) atoms. The van der Waals surface area contributed by atoms with E-state index in [-0.39, 0.29) is 30.7 Å². The maximum Gasteiger partial charge on any atom is 0.260 e. The number of amides is 1. The lowest BCUT2D eigenvalue weighted by atomic mass is 10.2. The first kappa shape index (κ1) is 20.2. The van der Waals surface area contributed by atoms with Gasteiger partial charge in [0.1, 0.15) is 23.4 Å². The van der Waals surface area contributed by atoms with Crippen molar-refractivity contribution in [2.75, 3.05) is 39.3 Å². The molecule has 3 rings (SSSR count). The van der Waals surface area contributed by atoms with Gasteiger partial charge in [0.15, 0.2) is 6.61 Å². The molecule has 1 fully saturated rings. The normalized spacial score (nSPS) is 16.0. The maximum atomic E-state index is 12.8. The van der Waals surface area contributed by atoms with Gasteiger partial charge in [-0.1, -0.05) is 0 Å². The van der Waals surface area contributed by atoms with Crippen molar-refractivity contribution in [2.45, 2.75) is 6.10 Å². The predicted molar refractivity (Wildman–Crippen MR) is 95.8 cm³/mol. The van der Waals surface area contributed by atoms with Crippen LogP contribution in [0.5, 0.6) is 5.75 Å².